The molecule has 0 spiro atoms. The van der Waals surface area contributed by atoms with Crippen LogP contribution in [0.25, 0.3) is 0 Å². The molecule has 2 rings (SSSR count). The van der Waals surface area contributed by atoms with E-state index in [4.69, 9.17) is 0 Å². The number of nitrogens with one attached hydrogen (secondary N) is 1. The van der Waals surface area contributed by atoms with Crippen molar-refractivity contribution in [3.8, 4) is 0 Å². The number of hydrogen-bond donors (Lipinski definition) is 1. The second-order valence-corrected chi connectivity index (χ2v) is 10.4. The maximum Gasteiger partial charge on any atom is 0.244 e. The van der Waals surface area contributed by atoms with Crippen molar-refractivity contribution in [1.29, 1.82) is 0 Å². The Balaban J connectivity index is 2.41. The zero-order valence-corrected chi connectivity index (χ0v) is 21.4. The zero-order valence-electron chi connectivity index (χ0n) is 20.6. The van der Waals surface area contributed by atoms with Crippen LogP contribution in [0, 0.1) is 18.6 Å². The van der Waals surface area contributed by atoms with Gasteiger partial charge in [-0.1, -0.05) is 50.1 Å². The maximum atomic E-state index is 13.8. The molecule has 0 saturated carbocycles. The van der Waals surface area contributed by atoms with Gasteiger partial charge in [-0.25, -0.2) is 17.2 Å². The number of nitrogens with zero attached hydrogens (tertiary/aromatic N) is 2. The second kappa shape index (κ2) is 12.6. The first-order valence-corrected chi connectivity index (χ1v) is 13.4. The van der Waals surface area contributed by atoms with E-state index in [1.807, 2.05) is 38.1 Å². The number of halogens is 2. The molecule has 7 nitrogen and oxygen atoms in total. The number of anilines is 1. The topological polar surface area (TPSA) is 86.8 Å². The van der Waals surface area contributed by atoms with Gasteiger partial charge in [-0.2, -0.15) is 0 Å². The molecule has 0 bridgehead atoms. The number of hydrogen-bond acceptors (Lipinski definition) is 4. The third-order valence-electron chi connectivity index (χ3n) is 5.56. The van der Waals surface area contributed by atoms with Crippen LogP contribution in [0.2, 0.25) is 0 Å². The molecule has 0 saturated heterocycles. The lowest BCUT2D eigenvalue weighted by Crippen LogP contribution is -2.52. The molecule has 0 aromatic heterocycles. The highest BCUT2D eigenvalue weighted by molar-refractivity contribution is 7.92. The molecule has 1 N–H and O–H groups in total. The van der Waals surface area contributed by atoms with Gasteiger partial charge in [-0.3, -0.25) is 13.9 Å². The Labute approximate surface area is 206 Å². The summed E-state index contributed by atoms with van der Waals surface area (Å²) in [4.78, 5) is 27.8. The third kappa shape index (κ3) is 8.02. The number of unbranched alkanes of at least 4 members (excludes halogenated alkanes) is 1. The first-order chi connectivity index (χ1) is 16.5. The van der Waals surface area contributed by atoms with E-state index in [1.54, 1.807) is 6.92 Å². The average Bonchev–Trinajstić information content (AvgIpc) is 2.80. The van der Waals surface area contributed by atoms with Crippen LogP contribution in [-0.2, 0) is 26.2 Å². The summed E-state index contributed by atoms with van der Waals surface area (Å²) < 4.78 is 52.9. The van der Waals surface area contributed by atoms with Gasteiger partial charge in [0.1, 0.15) is 12.6 Å². The van der Waals surface area contributed by atoms with E-state index < -0.39 is 40.2 Å². The van der Waals surface area contributed by atoms with Crippen molar-refractivity contribution in [2.24, 2.45) is 0 Å². The maximum absolute atomic E-state index is 13.8. The highest BCUT2D eigenvalue weighted by atomic mass is 32.2. The highest BCUT2D eigenvalue weighted by Crippen LogP contribution is 2.22. The smallest absolute Gasteiger partial charge is 0.244 e. The SMILES string of the molecule is CCCCNC(=O)[C@H](CC)N(Cc1ccc(C)cc1)C(=O)CN(c1ccc(F)c(F)c1)S(C)(=O)=O. The summed E-state index contributed by atoms with van der Waals surface area (Å²) >= 11 is 0. The van der Waals surface area contributed by atoms with Crippen molar-refractivity contribution in [3.05, 3.63) is 65.2 Å². The van der Waals surface area contributed by atoms with Crippen LogP contribution in [0.4, 0.5) is 14.5 Å². The molecule has 2 amide bonds. The van der Waals surface area contributed by atoms with Crippen LogP contribution in [0.3, 0.4) is 0 Å². The Morgan fingerprint density at radius 3 is 2.23 bits per heavy atom. The van der Waals surface area contributed by atoms with E-state index in [-0.39, 0.29) is 18.1 Å². The Morgan fingerprint density at radius 2 is 1.69 bits per heavy atom. The Morgan fingerprint density at radius 1 is 1.03 bits per heavy atom. The van der Waals surface area contributed by atoms with Crippen molar-refractivity contribution in [3.63, 3.8) is 0 Å². The lowest BCUT2D eigenvalue weighted by Gasteiger charge is -2.33. The number of benzene rings is 2. The summed E-state index contributed by atoms with van der Waals surface area (Å²) in [6.45, 7) is 5.55. The molecule has 35 heavy (non-hydrogen) atoms. The normalized spacial score (nSPS) is 12.2. The van der Waals surface area contributed by atoms with Crippen LogP contribution in [0.1, 0.15) is 44.2 Å². The molecule has 1 atom stereocenters. The Kier molecular flexibility index (Phi) is 10.2. The summed E-state index contributed by atoms with van der Waals surface area (Å²) in [5.41, 5.74) is 1.61. The lowest BCUT2D eigenvalue weighted by atomic mass is 10.1. The fraction of sp³-hybridized carbons (Fsp3) is 0.440. The summed E-state index contributed by atoms with van der Waals surface area (Å²) in [5, 5.41) is 2.84. The first kappa shape index (κ1) is 28.2. The molecule has 0 fully saturated rings. The summed E-state index contributed by atoms with van der Waals surface area (Å²) in [6, 6.07) is 9.20. The van der Waals surface area contributed by atoms with Crippen LogP contribution in [-0.4, -0.2) is 50.5 Å². The van der Waals surface area contributed by atoms with Crippen molar-refractivity contribution in [1.82, 2.24) is 10.2 Å². The van der Waals surface area contributed by atoms with Gasteiger partial charge in [0, 0.05) is 19.2 Å². The van der Waals surface area contributed by atoms with E-state index in [1.165, 1.54) is 4.90 Å². The molecule has 192 valence electrons. The van der Waals surface area contributed by atoms with Gasteiger partial charge >= 0.3 is 0 Å². The standard InChI is InChI=1S/C25H33F2N3O4S/c1-5-7-14-28-25(32)23(6-2)29(16-19-10-8-18(3)9-11-19)24(31)17-30(35(4,33)34)20-12-13-21(26)22(27)15-20/h8-13,15,23H,5-7,14,16-17H2,1-4H3,(H,28,32)/t23-/m0/s1. The minimum Gasteiger partial charge on any atom is -0.354 e. The lowest BCUT2D eigenvalue weighted by molar-refractivity contribution is -0.140. The van der Waals surface area contributed by atoms with Crippen LogP contribution in [0.5, 0.6) is 0 Å². The van der Waals surface area contributed by atoms with E-state index in [0.717, 1.165) is 48.4 Å². The number of rotatable bonds is 12. The van der Waals surface area contributed by atoms with Gasteiger partial charge in [-0.15, -0.1) is 0 Å². The van der Waals surface area contributed by atoms with Gasteiger partial charge in [0.05, 0.1) is 11.9 Å². The number of aryl methyl sites for hydroxylation is 1. The van der Waals surface area contributed by atoms with Gasteiger partial charge < -0.3 is 10.2 Å². The van der Waals surface area contributed by atoms with E-state index in [2.05, 4.69) is 5.32 Å². The van der Waals surface area contributed by atoms with Gasteiger partial charge in [0.25, 0.3) is 0 Å². The van der Waals surface area contributed by atoms with Crippen LogP contribution in [0.15, 0.2) is 42.5 Å². The monoisotopic (exact) mass is 509 g/mol. The van der Waals surface area contributed by atoms with E-state index in [0.29, 0.717) is 17.3 Å². The molecule has 0 aliphatic rings. The number of carbonyl (C=O) groups excluding carboxylic acids is 2. The zero-order chi connectivity index (χ0) is 26.2. The van der Waals surface area contributed by atoms with Crippen molar-refractivity contribution in [2.75, 3.05) is 23.7 Å². The molecule has 2 aromatic carbocycles. The molecule has 0 aliphatic heterocycles. The molecule has 0 aliphatic carbocycles. The highest BCUT2D eigenvalue weighted by Gasteiger charge is 2.31. The predicted octanol–water partition coefficient (Wildman–Crippen LogP) is 3.76. The predicted molar refractivity (Wildman–Crippen MR) is 132 cm³/mol. The summed E-state index contributed by atoms with van der Waals surface area (Å²) in [6.07, 6.45) is 2.85. The van der Waals surface area contributed by atoms with Gasteiger partial charge in [0.2, 0.25) is 21.8 Å². The Bertz CT molecular complexity index is 1120. The van der Waals surface area contributed by atoms with Crippen LogP contribution < -0.4 is 9.62 Å². The largest absolute Gasteiger partial charge is 0.354 e. The number of amides is 2. The quantitative estimate of drug-likeness (QED) is 0.442. The third-order valence-corrected chi connectivity index (χ3v) is 6.70. The van der Waals surface area contributed by atoms with E-state index in [9.17, 15) is 26.8 Å². The molecular formula is C25H33F2N3O4S. The molecule has 0 heterocycles. The molecule has 0 radical (unpaired) electrons. The second-order valence-electron chi connectivity index (χ2n) is 8.44. The molecule has 0 unspecified atom stereocenters. The molecular weight excluding hydrogens is 476 g/mol. The minimum atomic E-state index is -4.03. The van der Waals surface area contributed by atoms with Crippen molar-refractivity contribution >= 4 is 27.5 Å². The number of sulfonamides is 1. The van der Waals surface area contributed by atoms with Crippen molar-refractivity contribution in [2.45, 2.75) is 52.6 Å². The minimum absolute atomic E-state index is 0.0776. The summed E-state index contributed by atoms with van der Waals surface area (Å²) in [5.74, 6) is -3.34. The van der Waals surface area contributed by atoms with Gasteiger partial charge in [-0.05, 0) is 37.5 Å². The van der Waals surface area contributed by atoms with Crippen molar-refractivity contribution < 1.29 is 26.8 Å². The first-order valence-electron chi connectivity index (χ1n) is 11.5. The fourth-order valence-electron chi connectivity index (χ4n) is 3.57. The van der Waals surface area contributed by atoms with Crippen LogP contribution >= 0.6 is 0 Å². The fourth-order valence-corrected chi connectivity index (χ4v) is 4.41. The Hall–Kier alpha value is -3.01. The number of carbonyl (C=O) groups is 2. The van der Waals surface area contributed by atoms with E-state index >= 15 is 0 Å². The average molecular weight is 510 g/mol. The molecule has 10 heteroatoms. The van der Waals surface area contributed by atoms with Gasteiger partial charge in [0.15, 0.2) is 11.6 Å². The summed E-state index contributed by atoms with van der Waals surface area (Å²) in [7, 11) is -4.03. The molecule has 2 aromatic rings.